The van der Waals surface area contributed by atoms with Gasteiger partial charge in [-0.05, 0) is 54.3 Å². The number of hydrogen-bond acceptors (Lipinski definition) is 3. The third-order valence-corrected chi connectivity index (χ3v) is 8.15. The Labute approximate surface area is 219 Å². The van der Waals surface area contributed by atoms with E-state index in [1.807, 2.05) is 0 Å². The zero-order valence-corrected chi connectivity index (χ0v) is 21.4. The zero-order valence-electron chi connectivity index (χ0n) is 20.5. The topological polar surface area (TPSA) is 56.3 Å². The number of halogens is 3. The Morgan fingerprint density at radius 2 is 1.63 bits per heavy atom. The average Bonchev–Trinajstić information content (AvgIpc) is 3.56. The second kappa shape index (κ2) is 9.44. The second-order valence-corrected chi connectivity index (χ2v) is 11.6. The quantitative estimate of drug-likeness (QED) is 0.252. The molecule has 4 aromatic rings. The van der Waals surface area contributed by atoms with Gasteiger partial charge in [-0.25, -0.2) is 20.0 Å². The second-order valence-electron chi connectivity index (χ2n) is 9.56. The van der Waals surface area contributed by atoms with Crippen LogP contribution in [0.2, 0.25) is 0 Å². The first kappa shape index (κ1) is 25.7. The fraction of sp³-hybridized carbons (Fsp3) is 0.241. The molecule has 1 saturated carbocycles. The molecule has 5 nitrogen and oxygen atoms in total. The number of imidazole rings is 1. The Morgan fingerprint density at radius 3 is 2.26 bits per heavy atom. The molecular weight excluding hydrogens is 511 g/mol. The Hall–Kier alpha value is -3.90. The average molecular weight is 536 g/mol. The minimum atomic E-state index is -4.58. The minimum Gasteiger partial charge on any atom is -0.303 e. The highest BCUT2D eigenvalue weighted by Gasteiger charge is 2.45. The first-order valence-corrected chi connectivity index (χ1v) is 14.0. The van der Waals surface area contributed by atoms with Gasteiger partial charge >= 0.3 is 6.18 Å². The van der Waals surface area contributed by atoms with E-state index in [1.54, 1.807) is 59.3 Å². The fourth-order valence-corrected chi connectivity index (χ4v) is 5.69. The van der Waals surface area contributed by atoms with E-state index in [-0.39, 0.29) is 16.3 Å². The molecule has 0 atom stereocenters. The SMILES string of the molecule is [C-]#[N+]C1(c2cn(-c3ccc(-c4cccc(S(C)(=O)=O)c4)cc3)c(-c3ccccc3C(F)(F)F)n2)CCCC1. The summed E-state index contributed by atoms with van der Waals surface area (Å²) in [4.78, 5) is 8.74. The molecule has 0 saturated heterocycles. The molecule has 1 aliphatic carbocycles. The summed E-state index contributed by atoms with van der Waals surface area (Å²) >= 11 is 0. The van der Waals surface area contributed by atoms with E-state index in [4.69, 9.17) is 6.57 Å². The van der Waals surface area contributed by atoms with Crippen molar-refractivity contribution in [3.8, 4) is 28.2 Å². The highest BCUT2D eigenvalue weighted by molar-refractivity contribution is 7.90. The predicted molar refractivity (Wildman–Crippen MR) is 139 cm³/mol. The number of hydrogen-bond donors (Lipinski definition) is 0. The molecule has 0 bridgehead atoms. The molecular formula is C29H24F3N3O2S. The lowest BCUT2D eigenvalue weighted by atomic mass is 9.95. The van der Waals surface area contributed by atoms with E-state index in [9.17, 15) is 21.6 Å². The van der Waals surface area contributed by atoms with E-state index in [1.165, 1.54) is 18.2 Å². The molecule has 38 heavy (non-hydrogen) atoms. The van der Waals surface area contributed by atoms with E-state index in [0.29, 0.717) is 29.8 Å². The molecule has 0 radical (unpaired) electrons. The fourth-order valence-electron chi connectivity index (χ4n) is 5.02. The highest BCUT2D eigenvalue weighted by atomic mass is 32.2. The maximum atomic E-state index is 13.9. The Morgan fingerprint density at radius 1 is 0.947 bits per heavy atom. The van der Waals surface area contributed by atoms with E-state index in [0.717, 1.165) is 30.7 Å². The predicted octanol–water partition coefficient (Wildman–Crippen LogP) is 7.32. The van der Waals surface area contributed by atoms with Crippen LogP contribution in [-0.4, -0.2) is 24.2 Å². The highest BCUT2D eigenvalue weighted by Crippen LogP contribution is 2.44. The van der Waals surface area contributed by atoms with Crippen LogP contribution >= 0.6 is 0 Å². The smallest absolute Gasteiger partial charge is 0.303 e. The molecule has 9 heteroatoms. The van der Waals surface area contributed by atoms with Crippen molar-refractivity contribution >= 4 is 9.84 Å². The summed E-state index contributed by atoms with van der Waals surface area (Å²) in [6.45, 7) is 7.85. The van der Waals surface area contributed by atoms with Gasteiger partial charge in [-0.15, -0.1) is 0 Å². The molecule has 0 amide bonds. The molecule has 1 heterocycles. The Kier molecular flexibility index (Phi) is 6.40. The molecule has 194 valence electrons. The monoisotopic (exact) mass is 535 g/mol. The largest absolute Gasteiger partial charge is 0.417 e. The van der Waals surface area contributed by atoms with Gasteiger partial charge in [0.2, 0.25) is 0 Å². The van der Waals surface area contributed by atoms with Gasteiger partial charge in [0.25, 0.3) is 5.54 Å². The normalized spacial score (nSPS) is 15.3. The van der Waals surface area contributed by atoms with E-state index in [2.05, 4.69) is 9.83 Å². The number of sulfone groups is 1. The molecule has 5 rings (SSSR count). The van der Waals surface area contributed by atoms with Crippen molar-refractivity contribution in [1.29, 1.82) is 0 Å². The van der Waals surface area contributed by atoms with Gasteiger partial charge in [0, 0.05) is 36.5 Å². The van der Waals surface area contributed by atoms with E-state index >= 15 is 0 Å². The molecule has 0 spiro atoms. The number of rotatable bonds is 5. The molecule has 1 aromatic heterocycles. The molecule has 3 aromatic carbocycles. The summed E-state index contributed by atoms with van der Waals surface area (Å²) in [5, 5.41) is 0. The summed E-state index contributed by atoms with van der Waals surface area (Å²) in [6.07, 6.45) is 1.22. The Bertz CT molecular complexity index is 1640. The molecule has 1 aliphatic rings. The summed E-state index contributed by atoms with van der Waals surface area (Å²) in [7, 11) is -3.38. The van der Waals surface area contributed by atoms with Crippen molar-refractivity contribution in [2.45, 2.75) is 42.3 Å². The molecule has 0 unspecified atom stereocenters. The summed E-state index contributed by atoms with van der Waals surface area (Å²) in [6, 6.07) is 19.0. The zero-order chi connectivity index (χ0) is 27.1. The van der Waals surface area contributed by atoms with Crippen LogP contribution in [0.5, 0.6) is 0 Å². The first-order chi connectivity index (χ1) is 18.0. The lowest BCUT2D eigenvalue weighted by Crippen LogP contribution is -2.17. The Balaban J connectivity index is 1.65. The molecule has 1 fully saturated rings. The van der Waals surface area contributed by atoms with Crippen LogP contribution < -0.4 is 0 Å². The minimum absolute atomic E-state index is 0.0608. The number of benzene rings is 3. The van der Waals surface area contributed by atoms with Gasteiger partial charge in [-0.2, -0.15) is 13.2 Å². The van der Waals surface area contributed by atoms with Crippen molar-refractivity contribution in [1.82, 2.24) is 9.55 Å². The van der Waals surface area contributed by atoms with Crippen LogP contribution in [0.15, 0.2) is 83.9 Å². The van der Waals surface area contributed by atoms with Gasteiger partial charge in [0.05, 0.1) is 10.5 Å². The van der Waals surface area contributed by atoms with Crippen LogP contribution in [-0.2, 0) is 21.6 Å². The van der Waals surface area contributed by atoms with Crippen LogP contribution in [0, 0.1) is 6.57 Å². The van der Waals surface area contributed by atoms with Crippen LogP contribution in [0.25, 0.3) is 33.0 Å². The summed E-state index contributed by atoms with van der Waals surface area (Å²) in [5.41, 5.74) is 0.805. The van der Waals surface area contributed by atoms with Crippen molar-refractivity contribution in [3.05, 3.63) is 102 Å². The third kappa shape index (κ3) is 4.72. The van der Waals surface area contributed by atoms with E-state index < -0.39 is 27.1 Å². The van der Waals surface area contributed by atoms with Crippen LogP contribution in [0.1, 0.15) is 36.9 Å². The summed E-state index contributed by atoms with van der Waals surface area (Å²) in [5.74, 6) is 0.120. The number of nitrogens with zero attached hydrogens (tertiary/aromatic N) is 3. The lowest BCUT2D eigenvalue weighted by Gasteiger charge is -2.14. The first-order valence-electron chi connectivity index (χ1n) is 12.1. The summed E-state index contributed by atoms with van der Waals surface area (Å²) < 4.78 is 67.4. The van der Waals surface area contributed by atoms with Crippen molar-refractivity contribution in [3.63, 3.8) is 0 Å². The van der Waals surface area contributed by atoms with Gasteiger partial charge in [0.1, 0.15) is 11.5 Å². The maximum absolute atomic E-state index is 13.9. The standard InChI is InChI=1S/C29H24F3N3O2S/c1-33-28(16-5-6-17-28)26-19-35(27(34-26)24-10-3-4-11-25(24)29(30,31)32)22-14-12-20(13-15-22)21-8-7-9-23(18-21)38(2,36)37/h3-4,7-15,18-19H,5-6,16-17H2,2H3. The van der Waals surface area contributed by atoms with Crippen molar-refractivity contribution in [2.24, 2.45) is 0 Å². The third-order valence-electron chi connectivity index (χ3n) is 7.04. The van der Waals surface area contributed by atoms with Crippen molar-refractivity contribution in [2.75, 3.05) is 6.26 Å². The van der Waals surface area contributed by atoms with Gasteiger partial charge in [-0.3, -0.25) is 4.57 Å². The van der Waals surface area contributed by atoms with Crippen LogP contribution in [0.3, 0.4) is 0 Å². The molecule has 0 aliphatic heterocycles. The number of alkyl halides is 3. The van der Waals surface area contributed by atoms with Gasteiger partial charge in [-0.1, -0.05) is 42.5 Å². The van der Waals surface area contributed by atoms with Crippen molar-refractivity contribution < 1.29 is 21.6 Å². The molecule has 0 N–H and O–H groups in total. The van der Waals surface area contributed by atoms with Gasteiger partial charge in [0.15, 0.2) is 9.84 Å². The van der Waals surface area contributed by atoms with Gasteiger partial charge < -0.3 is 4.85 Å². The maximum Gasteiger partial charge on any atom is 0.417 e. The number of aromatic nitrogens is 2. The van der Waals surface area contributed by atoms with Crippen LogP contribution in [0.4, 0.5) is 13.2 Å². The lowest BCUT2D eigenvalue weighted by molar-refractivity contribution is -0.137.